The number of aromatic nitrogens is 2. The molecule has 1 aliphatic heterocycles. The summed E-state index contributed by atoms with van der Waals surface area (Å²) in [4.78, 5) is 8.54. The number of piperidine rings is 1. The fourth-order valence-corrected chi connectivity index (χ4v) is 2.22. The Balaban J connectivity index is 1.83. The van der Waals surface area contributed by atoms with E-state index in [9.17, 15) is 0 Å². The molecule has 1 unspecified atom stereocenters. The van der Waals surface area contributed by atoms with Crippen LogP contribution in [0.5, 0.6) is 0 Å². The van der Waals surface area contributed by atoms with Gasteiger partial charge in [0.05, 0.1) is 0 Å². The van der Waals surface area contributed by atoms with E-state index in [4.69, 9.17) is 0 Å². The highest BCUT2D eigenvalue weighted by atomic mass is 32.2. The van der Waals surface area contributed by atoms with Gasteiger partial charge in [-0.3, -0.25) is 0 Å². The van der Waals surface area contributed by atoms with Gasteiger partial charge in [0, 0.05) is 18.8 Å². The molecule has 88 valence electrons. The van der Waals surface area contributed by atoms with Crippen LogP contribution in [0.15, 0.2) is 17.4 Å². The highest BCUT2D eigenvalue weighted by molar-refractivity contribution is 7.98. The maximum atomic E-state index is 4.39. The van der Waals surface area contributed by atoms with Gasteiger partial charge < -0.3 is 10.6 Å². The summed E-state index contributed by atoms with van der Waals surface area (Å²) in [7, 11) is 0. The first-order valence-electron chi connectivity index (χ1n) is 5.73. The topological polar surface area (TPSA) is 49.8 Å². The van der Waals surface area contributed by atoms with Crippen LogP contribution in [-0.2, 0) is 0 Å². The Labute approximate surface area is 101 Å². The number of anilines is 1. The zero-order chi connectivity index (χ0) is 11.2. The van der Waals surface area contributed by atoms with E-state index >= 15 is 0 Å². The van der Waals surface area contributed by atoms with Crippen LogP contribution < -0.4 is 10.6 Å². The Morgan fingerprint density at radius 1 is 1.56 bits per heavy atom. The van der Waals surface area contributed by atoms with Crippen LogP contribution in [0.4, 0.5) is 5.82 Å². The summed E-state index contributed by atoms with van der Waals surface area (Å²) in [6.07, 6.45) is 7.69. The van der Waals surface area contributed by atoms with Crippen LogP contribution in [0, 0.1) is 0 Å². The van der Waals surface area contributed by atoms with Gasteiger partial charge in [0.15, 0.2) is 5.16 Å². The minimum absolute atomic E-state index is 0.585. The lowest BCUT2D eigenvalue weighted by Crippen LogP contribution is -2.39. The summed E-state index contributed by atoms with van der Waals surface area (Å²) >= 11 is 1.57. The number of nitrogens with zero attached hydrogens (tertiary/aromatic N) is 2. The minimum atomic E-state index is 0.585. The SMILES string of the molecule is CSc1nccc(NCC2CCCCN2)n1. The van der Waals surface area contributed by atoms with Crippen LogP contribution in [0.3, 0.4) is 0 Å². The monoisotopic (exact) mass is 238 g/mol. The minimum Gasteiger partial charge on any atom is -0.368 e. The Bertz CT molecular complexity index is 326. The Kier molecular flexibility index (Phi) is 4.42. The van der Waals surface area contributed by atoms with Crippen LogP contribution in [0.2, 0.25) is 0 Å². The predicted octanol–water partition coefficient (Wildman–Crippen LogP) is 1.75. The summed E-state index contributed by atoms with van der Waals surface area (Å²) in [5, 5.41) is 7.69. The average Bonchev–Trinajstić information content (AvgIpc) is 2.38. The van der Waals surface area contributed by atoms with Gasteiger partial charge in [-0.2, -0.15) is 0 Å². The molecule has 2 heterocycles. The molecule has 0 aromatic carbocycles. The van der Waals surface area contributed by atoms with Crippen molar-refractivity contribution in [1.82, 2.24) is 15.3 Å². The molecule has 1 aromatic rings. The standard InChI is InChI=1S/C11H18N4S/c1-16-11-13-7-5-10(15-11)14-8-9-4-2-3-6-12-9/h5,7,9,12H,2-4,6,8H2,1H3,(H,13,14,15). The summed E-state index contributed by atoms with van der Waals surface area (Å²) in [6.45, 7) is 2.09. The number of rotatable bonds is 4. The highest BCUT2D eigenvalue weighted by Gasteiger charge is 2.11. The normalized spacial score (nSPS) is 20.7. The summed E-state index contributed by atoms with van der Waals surface area (Å²) in [6, 6.07) is 2.50. The lowest BCUT2D eigenvalue weighted by Gasteiger charge is -2.23. The first kappa shape index (κ1) is 11.7. The van der Waals surface area contributed by atoms with Gasteiger partial charge in [-0.05, 0) is 31.7 Å². The Morgan fingerprint density at radius 3 is 3.25 bits per heavy atom. The highest BCUT2D eigenvalue weighted by Crippen LogP contribution is 2.12. The van der Waals surface area contributed by atoms with Crippen molar-refractivity contribution in [2.75, 3.05) is 24.7 Å². The fourth-order valence-electron chi connectivity index (χ4n) is 1.86. The van der Waals surface area contributed by atoms with Crippen LogP contribution in [0.25, 0.3) is 0 Å². The molecule has 1 atom stereocenters. The van der Waals surface area contributed by atoms with Gasteiger partial charge in [0.25, 0.3) is 0 Å². The number of nitrogens with one attached hydrogen (secondary N) is 2. The number of hydrogen-bond acceptors (Lipinski definition) is 5. The molecule has 0 spiro atoms. The van der Waals surface area contributed by atoms with Gasteiger partial charge in [-0.15, -0.1) is 0 Å². The van der Waals surface area contributed by atoms with Crippen molar-refractivity contribution in [3.05, 3.63) is 12.3 Å². The van der Waals surface area contributed by atoms with Crippen molar-refractivity contribution < 1.29 is 0 Å². The third kappa shape index (κ3) is 3.35. The Hall–Kier alpha value is -0.810. The van der Waals surface area contributed by atoms with Crippen molar-refractivity contribution >= 4 is 17.6 Å². The third-order valence-electron chi connectivity index (χ3n) is 2.76. The van der Waals surface area contributed by atoms with Gasteiger partial charge in [0.1, 0.15) is 5.82 Å². The lowest BCUT2D eigenvalue weighted by molar-refractivity contribution is 0.414. The van der Waals surface area contributed by atoms with Crippen LogP contribution in [-0.4, -0.2) is 35.4 Å². The van der Waals surface area contributed by atoms with E-state index in [1.807, 2.05) is 12.3 Å². The zero-order valence-corrected chi connectivity index (χ0v) is 10.4. The van der Waals surface area contributed by atoms with Crippen LogP contribution >= 0.6 is 11.8 Å². The Morgan fingerprint density at radius 2 is 2.50 bits per heavy atom. The molecule has 5 heteroatoms. The van der Waals surface area contributed by atoms with E-state index < -0.39 is 0 Å². The molecule has 4 nitrogen and oxygen atoms in total. The van der Waals surface area contributed by atoms with Gasteiger partial charge in [0.2, 0.25) is 0 Å². The van der Waals surface area contributed by atoms with E-state index in [0.29, 0.717) is 6.04 Å². The molecule has 1 aliphatic rings. The second-order valence-corrected chi connectivity index (χ2v) is 4.73. The second-order valence-electron chi connectivity index (χ2n) is 3.96. The quantitative estimate of drug-likeness (QED) is 0.618. The van der Waals surface area contributed by atoms with Crippen LogP contribution in [0.1, 0.15) is 19.3 Å². The molecule has 0 amide bonds. The summed E-state index contributed by atoms with van der Waals surface area (Å²) in [5.74, 6) is 0.923. The molecular weight excluding hydrogens is 220 g/mol. The van der Waals surface area contributed by atoms with Gasteiger partial charge >= 0.3 is 0 Å². The van der Waals surface area contributed by atoms with Crippen molar-refractivity contribution in [1.29, 1.82) is 0 Å². The molecule has 0 saturated carbocycles. The lowest BCUT2D eigenvalue weighted by atomic mass is 10.1. The number of thioether (sulfide) groups is 1. The molecule has 1 saturated heterocycles. The predicted molar refractivity (Wildman–Crippen MR) is 67.9 cm³/mol. The van der Waals surface area contributed by atoms with E-state index in [1.165, 1.54) is 19.3 Å². The van der Waals surface area contributed by atoms with Crippen molar-refractivity contribution in [2.24, 2.45) is 0 Å². The second kappa shape index (κ2) is 6.06. The van der Waals surface area contributed by atoms with Crippen molar-refractivity contribution in [3.8, 4) is 0 Å². The molecule has 0 bridgehead atoms. The molecule has 16 heavy (non-hydrogen) atoms. The van der Waals surface area contributed by atoms with E-state index in [2.05, 4.69) is 20.6 Å². The fraction of sp³-hybridized carbons (Fsp3) is 0.636. The summed E-state index contributed by atoms with van der Waals surface area (Å²) in [5.41, 5.74) is 0. The van der Waals surface area contributed by atoms with E-state index in [-0.39, 0.29) is 0 Å². The van der Waals surface area contributed by atoms with Crippen molar-refractivity contribution in [3.63, 3.8) is 0 Å². The molecule has 2 N–H and O–H groups in total. The average molecular weight is 238 g/mol. The van der Waals surface area contributed by atoms with Gasteiger partial charge in [-0.1, -0.05) is 18.2 Å². The smallest absolute Gasteiger partial charge is 0.189 e. The molecule has 2 rings (SSSR count). The maximum Gasteiger partial charge on any atom is 0.189 e. The molecule has 1 aromatic heterocycles. The summed E-state index contributed by atoms with van der Waals surface area (Å²) < 4.78 is 0. The largest absolute Gasteiger partial charge is 0.368 e. The van der Waals surface area contributed by atoms with Crippen molar-refractivity contribution in [2.45, 2.75) is 30.5 Å². The third-order valence-corrected chi connectivity index (χ3v) is 3.32. The first-order valence-corrected chi connectivity index (χ1v) is 6.95. The molecule has 1 fully saturated rings. The molecule has 0 radical (unpaired) electrons. The first-order chi connectivity index (χ1) is 7.88. The van der Waals surface area contributed by atoms with E-state index in [0.717, 1.165) is 24.1 Å². The molecular formula is C11H18N4S. The van der Waals surface area contributed by atoms with E-state index in [1.54, 1.807) is 18.0 Å². The number of hydrogen-bond donors (Lipinski definition) is 2. The zero-order valence-electron chi connectivity index (χ0n) is 9.57. The maximum absolute atomic E-state index is 4.39. The molecule has 0 aliphatic carbocycles. The van der Waals surface area contributed by atoms with Gasteiger partial charge in [-0.25, -0.2) is 9.97 Å².